The second kappa shape index (κ2) is 15.3. The van der Waals surface area contributed by atoms with Gasteiger partial charge in [0.05, 0.1) is 6.42 Å². The first-order valence-electron chi connectivity index (χ1n) is 8.73. The first-order valence-corrected chi connectivity index (χ1v) is 8.73. The van der Waals surface area contributed by atoms with E-state index in [4.69, 9.17) is 5.11 Å². The molecule has 0 aromatic carbocycles. The molecule has 0 aliphatic carbocycles. The first kappa shape index (κ1) is 21.4. The lowest BCUT2D eigenvalue weighted by Crippen LogP contribution is -2.20. The van der Waals surface area contributed by atoms with Crippen molar-refractivity contribution in [3.05, 3.63) is 34.4 Å². The van der Waals surface area contributed by atoms with E-state index in [0.29, 0.717) is 6.42 Å². The second-order valence-electron chi connectivity index (χ2n) is 5.83. The summed E-state index contributed by atoms with van der Waals surface area (Å²) in [5.41, 5.74) is 0. The van der Waals surface area contributed by atoms with Crippen LogP contribution in [0.15, 0.2) is 24.3 Å². The molecule has 5 nitrogen and oxygen atoms in total. The Bertz CT molecular complexity index is 377. The van der Waals surface area contributed by atoms with E-state index in [9.17, 15) is 14.9 Å². The molecule has 0 saturated carbocycles. The molecule has 0 aliphatic rings. The van der Waals surface area contributed by atoms with Crippen LogP contribution in [0.4, 0.5) is 0 Å². The molecule has 132 valence electrons. The fraction of sp³-hybridized carbons (Fsp3) is 0.722. The van der Waals surface area contributed by atoms with Crippen LogP contribution in [0.2, 0.25) is 0 Å². The van der Waals surface area contributed by atoms with Crippen molar-refractivity contribution >= 4 is 5.97 Å². The molecule has 5 heteroatoms. The van der Waals surface area contributed by atoms with Gasteiger partial charge in [-0.15, -0.1) is 0 Å². The zero-order valence-electron chi connectivity index (χ0n) is 14.3. The molecule has 0 spiro atoms. The number of nitro groups is 1. The number of nitrogens with zero attached hydrogens (tertiary/aromatic N) is 1. The van der Waals surface area contributed by atoms with E-state index >= 15 is 0 Å². The number of hydrogen-bond acceptors (Lipinski definition) is 3. The number of carboxylic acids is 1. The molecule has 0 radical (unpaired) electrons. The smallest absolute Gasteiger partial charge is 0.303 e. The van der Waals surface area contributed by atoms with Gasteiger partial charge in [-0.2, -0.15) is 0 Å². The van der Waals surface area contributed by atoms with E-state index in [1.807, 2.05) is 0 Å². The summed E-state index contributed by atoms with van der Waals surface area (Å²) in [6, 6.07) is -0.721. The average molecular weight is 325 g/mol. The Balaban J connectivity index is 3.63. The van der Waals surface area contributed by atoms with Gasteiger partial charge in [0.1, 0.15) is 0 Å². The Hall–Kier alpha value is -1.65. The van der Waals surface area contributed by atoms with Crippen LogP contribution >= 0.6 is 0 Å². The highest BCUT2D eigenvalue weighted by Crippen LogP contribution is 2.12. The first-order chi connectivity index (χ1) is 11.1. The maximum atomic E-state index is 10.8. The maximum Gasteiger partial charge on any atom is 0.303 e. The summed E-state index contributed by atoms with van der Waals surface area (Å²) in [5.74, 6) is -0.970. The Morgan fingerprint density at radius 1 is 1.04 bits per heavy atom. The molecule has 1 N–H and O–H groups in total. The van der Waals surface area contributed by atoms with Crippen LogP contribution in [-0.4, -0.2) is 22.0 Å². The second-order valence-corrected chi connectivity index (χ2v) is 5.83. The molecular formula is C18H31NO4. The Kier molecular flexibility index (Phi) is 14.2. The number of unbranched alkanes of at least 4 members (excludes halogenated alkanes) is 5. The number of rotatable bonds is 15. The van der Waals surface area contributed by atoms with Crippen molar-refractivity contribution < 1.29 is 14.8 Å². The van der Waals surface area contributed by atoms with Crippen molar-refractivity contribution in [3.63, 3.8) is 0 Å². The number of aliphatic carboxylic acids is 1. The van der Waals surface area contributed by atoms with Crippen LogP contribution in [0, 0.1) is 10.1 Å². The minimum absolute atomic E-state index is 0.126. The molecule has 0 fully saturated rings. The van der Waals surface area contributed by atoms with Crippen molar-refractivity contribution in [3.8, 4) is 0 Å². The van der Waals surface area contributed by atoms with Crippen molar-refractivity contribution in [2.45, 2.75) is 83.6 Å². The van der Waals surface area contributed by atoms with E-state index in [-0.39, 0.29) is 17.8 Å². The Morgan fingerprint density at radius 3 is 2.17 bits per heavy atom. The van der Waals surface area contributed by atoms with Gasteiger partial charge >= 0.3 is 5.97 Å². The topological polar surface area (TPSA) is 80.4 Å². The number of allylic oxidation sites excluding steroid dienone is 4. The third kappa shape index (κ3) is 15.0. The highest BCUT2D eigenvalue weighted by atomic mass is 16.6. The molecular weight excluding hydrogens is 294 g/mol. The predicted octanol–water partition coefficient (Wildman–Crippen LogP) is 5.14. The third-order valence-electron chi connectivity index (χ3n) is 3.73. The van der Waals surface area contributed by atoms with Crippen LogP contribution in [0.1, 0.15) is 77.6 Å². The van der Waals surface area contributed by atoms with Gasteiger partial charge in [-0.05, 0) is 38.5 Å². The quantitative estimate of drug-likeness (QED) is 0.196. The van der Waals surface area contributed by atoms with Crippen molar-refractivity contribution in [1.29, 1.82) is 0 Å². The Labute approximate surface area is 139 Å². The monoisotopic (exact) mass is 325 g/mol. The molecule has 0 saturated heterocycles. The van der Waals surface area contributed by atoms with E-state index in [1.165, 1.54) is 19.3 Å². The van der Waals surface area contributed by atoms with Gasteiger partial charge in [0.25, 0.3) is 0 Å². The normalized spacial score (nSPS) is 12.9. The molecule has 0 aromatic rings. The zero-order chi connectivity index (χ0) is 17.3. The lowest BCUT2D eigenvalue weighted by atomic mass is 10.0. The molecule has 0 bridgehead atoms. The molecule has 0 heterocycles. The van der Waals surface area contributed by atoms with Crippen LogP contribution in [0.25, 0.3) is 0 Å². The summed E-state index contributed by atoms with van der Waals surface area (Å²) < 4.78 is 0. The fourth-order valence-corrected chi connectivity index (χ4v) is 2.31. The summed E-state index contributed by atoms with van der Waals surface area (Å²) in [4.78, 5) is 21.0. The standard InChI is InChI=1S/C18H31NO4/c1-2-3-4-5-6-7-8-9-10-11-12-13-14-17(19(22)23)15-16-18(20)21/h6-7,9-10,17H,2-5,8,11-16H2,1H3,(H,20,21)/b7-6-,10-9-. The summed E-state index contributed by atoms with van der Waals surface area (Å²) >= 11 is 0. The third-order valence-corrected chi connectivity index (χ3v) is 3.73. The number of carbonyl (C=O) groups is 1. The van der Waals surface area contributed by atoms with Crippen molar-refractivity contribution in [2.24, 2.45) is 0 Å². The fourth-order valence-electron chi connectivity index (χ4n) is 2.31. The van der Waals surface area contributed by atoms with Gasteiger partial charge in [-0.1, -0.05) is 44.1 Å². The highest BCUT2D eigenvalue weighted by Gasteiger charge is 2.20. The van der Waals surface area contributed by atoms with Gasteiger partial charge in [0.15, 0.2) is 0 Å². The lowest BCUT2D eigenvalue weighted by molar-refractivity contribution is -0.524. The van der Waals surface area contributed by atoms with E-state index < -0.39 is 12.0 Å². The van der Waals surface area contributed by atoms with E-state index in [0.717, 1.165) is 32.1 Å². The van der Waals surface area contributed by atoms with Crippen LogP contribution in [0.3, 0.4) is 0 Å². The molecule has 1 unspecified atom stereocenters. The van der Waals surface area contributed by atoms with E-state index in [2.05, 4.69) is 31.2 Å². The predicted molar refractivity (Wildman–Crippen MR) is 93.2 cm³/mol. The summed E-state index contributed by atoms with van der Waals surface area (Å²) in [6.07, 6.45) is 17.6. The summed E-state index contributed by atoms with van der Waals surface area (Å²) in [7, 11) is 0. The van der Waals surface area contributed by atoms with Gasteiger partial charge in [0, 0.05) is 17.8 Å². The zero-order valence-corrected chi connectivity index (χ0v) is 14.3. The molecule has 0 aliphatic heterocycles. The molecule has 23 heavy (non-hydrogen) atoms. The van der Waals surface area contributed by atoms with E-state index in [1.54, 1.807) is 0 Å². The van der Waals surface area contributed by atoms with Gasteiger partial charge < -0.3 is 5.11 Å². The van der Waals surface area contributed by atoms with Crippen molar-refractivity contribution in [2.75, 3.05) is 0 Å². The summed E-state index contributed by atoms with van der Waals surface area (Å²) in [5, 5.41) is 19.4. The Morgan fingerprint density at radius 2 is 1.65 bits per heavy atom. The van der Waals surface area contributed by atoms with Crippen LogP contribution in [-0.2, 0) is 4.79 Å². The van der Waals surface area contributed by atoms with Gasteiger partial charge in [0.2, 0.25) is 6.04 Å². The van der Waals surface area contributed by atoms with Gasteiger partial charge in [-0.25, -0.2) is 0 Å². The summed E-state index contributed by atoms with van der Waals surface area (Å²) in [6.45, 7) is 2.20. The van der Waals surface area contributed by atoms with Crippen LogP contribution < -0.4 is 0 Å². The average Bonchev–Trinajstić information content (AvgIpc) is 2.50. The molecule has 0 amide bonds. The minimum Gasteiger partial charge on any atom is -0.481 e. The molecule has 1 atom stereocenters. The van der Waals surface area contributed by atoms with Crippen LogP contribution in [0.5, 0.6) is 0 Å². The minimum atomic E-state index is -0.970. The van der Waals surface area contributed by atoms with Gasteiger partial charge in [-0.3, -0.25) is 14.9 Å². The largest absolute Gasteiger partial charge is 0.481 e. The maximum absolute atomic E-state index is 10.8. The number of hydrogen-bond donors (Lipinski definition) is 1. The SMILES string of the molecule is CCCCC/C=C\C/C=C\CCCCC(CCC(=O)O)[N+](=O)[O-]. The molecule has 0 aromatic heterocycles. The number of carboxylic acid groups (broad SMARTS) is 1. The van der Waals surface area contributed by atoms with Crippen molar-refractivity contribution in [1.82, 2.24) is 0 Å². The lowest BCUT2D eigenvalue weighted by Gasteiger charge is -2.07. The molecule has 0 rings (SSSR count). The highest BCUT2D eigenvalue weighted by molar-refractivity contribution is 5.66.